The van der Waals surface area contributed by atoms with Crippen LogP contribution in [0, 0.1) is 19.3 Å². The van der Waals surface area contributed by atoms with Crippen molar-refractivity contribution in [1.29, 1.82) is 0 Å². The van der Waals surface area contributed by atoms with Crippen LogP contribution in [0.15, 0.2) is 18.2 Å². The van der Waals surface area contributed by atoms with Crippen LogP contribution < -0.4 is 10.1 Å². The molecule has 0 saturated heterocycles. The second kappa shape index (κ2) is 5.54. The molecule has 1 aromatic rings. The summed E-state index contributed by atoms with van der Waals surface area (Å²) in [7, 11) is 0. The average molecular weight is 261 g/mol. The van der Waals surface area contributed by atoms with Gasteiger partial charge in [-0.2, -0.15) is 0 Å². The molecule has 2 rings (SSSR count). The fourth-order valence-corrected chi connectivity index (χ4v) is 2.70. The van der Waals surface area contributed by atoms with Crippen molar-refractivity contribution in [2.75, 3.05) is 6.54 Å². The van der Waals surface area contributed by atoms with Crippen LogP contribution in [0.5, 0.6) is 5.75 Å². The van der Waals surface area contributed by atoms with Gasteiger partial charge in [0.05, 0.1) is 0 Å². The first-order chi connectivity index (χ1) is 8.95. The van der Waals surface area contributed by atoms with E-state index in [9.17, 15) is 0 Å². The van der Waals surface area contributed by atoms with Gasteiger partial charge in [-0.1, -0.05) is 26.8 Å². The maximum atomic E-state index is 6.17. The number of hydrogen-bond donors (Lipinski definition) is 1. The lowest BCUT2D eigenvalue weighted by molar-refractivity contribution is -0.0546. The van der Waals surface area contributed by atoms with Crippen LogP contribution in [0.4, 0.5) is 0 Å². The van der Waals surface area contributed by atoms with Crippen molar-refractivity contribution < 1.29 is 4.74 Å². The second-order valence-electron chi connectivity index (χ2n) is 6.42. The number of benzene rings is 1. The van der Waals surface area contributed by atoms with Gasteiger partial charge in [0.2, 0.25) is 0 Å². The van der Waals surface area contributed by atoms with Crippen LogP contribution in [0.3, 0.4) is 0 Å². The Morgan fingerprint density at radius 2 is 2.00 bits per heavy atom. The van der Waals surface area contributed by atoms with Gasteiger partial charge in [0.25, 0.3) is 0 Å². The van der Waals surface area contributed by atoms with Crippen molar-refractivity contribution in [1.82, 2.24) is 5.32 Å². The number of nitrogens with one attached hydrogen (secondary N) is 1. The minimum atomic E-state index is 0.216. The van der Waals surface area contributed by atoms with Gasteiger partial charge in [-0.25, -0.2) is 0 Å². The maximum absolute atomic E-state index is 6.17. The highest BCUT2D eigenvalue weighted by Gasteiger charge is 2.49. The molecule has 0 radical (unpaired) electrons. The van der Waals surface area contributed by atoms with E-state index in [0.29, 0.717) is 12.1 Å². The molecule has 1 aliphatic rings. The molecule has 0 bridgehead atoms. The lowest BCUT2D eigenvalue weighted by Crippen LogP contribution is -2.62. The predicted octanol–water partition coefficient (Wildman–Crippen LogP) is 3.85. The van der Waals surface area contributed by atoms with Crippen molar-refractivity contribution in [3.8, 4) is 5.75 Å². The van der Waals surface area contributed by atoms with E-state index in [0.717, 1.165) is 18.7 Å². The third-order valence-electron chi connectivity index (χ3n) is 4.58. The van der Waals surface area contributed by atoms with E-state index in [1.807, 2.05) is 0 Å². The molecule has 1 fully saturated rings. The first kappa shape index (κ1) is 14.4. The van der Waals surface area contributed by atoms with E-state index in [-0.39, 0.29) is 5.41 Å². The molecule has 1 saturated carbocycles. The fourth-order valence-electron chi connectivity index (χ4n) is 2.70. The summed E-state index contributed by atoms with van der Waals surface area (Å²) in [6.07, 6.45) is 2.62. The Balaban J connectivity index is 1.96. The van der Waals surface area contributed by atoms with Crippen molar-refractivity contribution in [2.45, 2.75) is 59.6 Å². The van der Waals surface area contributed by atoms with Gasteiger partial charge < -0.3 is 10.1 Å². The number of hydrogen-bond acceptors (Lipinski definition) is 2. The van der Waals surface area contributed by atoms with Crippen molar-refractivity contribution in [3.05, 3.63) is 29.3 Å². The van der Waals surface area contributed by atoms with Gasteiger partial charge in [-0.3, -0.25) is 0 Å². The molecule has 0 aliphatic heterocycles. The summed E-state index contributed by atoms with van der Waals surface area (Å²) in [6.45, 7) is 12.2. The Kier molecular flexibility index (Phi) is 4.19. The van der Waals surface area contributed by atoms with E-state index in [1.165, 1.54) is 17.5 Å². The van der Waals surface area contributed by atoms with Crippen LogP contribution >= 0.6 is 0 Å². The SMILES string of the molecule is CCCNC1CC(Oc2ccc(C)c(C)c2)C1(C)C. The summed E-state index contributed by atoms with van der Waals surface area (Å²) in [5.41, 5.74) is 2.84. The minimum absolute atomic E-state index is 0.216. The molecule has 1 aromatic carbocycles. The summed E-state index contributed by atoms with van der Waals surface area (Å²) in [6, 6.07) is 6.97. The molecule has 2 nitrogen and oxygen atoms in total. The molecule has 2 unspecified atom stereocenters. The minimum Gasteiger partial charge on any atom is -0.490 e. The zero-order valence-corrected chi connectivity index (χ0v) is 12.9. The molecule has 1 aliphatic carbocycles. The summed E-state index contributed by atoms with van der Waals surface area (Å²) >= 11 is 0. The first-order valence-electron chi connectivity index (χ1n) is 7.42. The van der Waals surface area contributed by atoms with Crippen LogP contribution in [0.2, 0.25) is 0 Å². The zero-order chi connectivity index (χ0) is 14.0. The van der Waals surface area contributed by atoms with Gasteiger partial charge in [0.1, 0.15) is 11.9 Å². The van der Waals surface area contributed by atoms with Crippen molar-refractivity contribution in [2.24, 2.45) is 5.41 Å². The van der Waals surface area contributed by atoms with Gasteiger partial charge in [0, 0.05) is 17.9 Å². The second-order valence-corrected chi connectivity index (χ2v) is 6.42. The van der Waals surface area contributed by atoms with Gasteiger partial charge in [-0.15, -0.1) is 0 Å². The topological polar surface area (TPSA) is 21.3 Å². The Bertz CT molecular complexity index is 439. The molecule has 2 atom stereocenters. The molecule has 19 heavy (non-hydrogen) atoms. The summed E-state index contributed by atoms with van der Waals surface area (Å²) < 4.78 is 6.17. The summed E-state index contributed by atoms with van der Waals surface area (Å²) in [4.78, 5) is 0. The Morgan fingerprint density at radius 3 is 2.58 bits per heavy atom. The van der Waals surface area contributed by atoms with Crippen LogP contribution in [-0.2, 0) is 0 Å². The molecule has 0 spiro atoms. The largest absolute Gasteiger partial charge is 0.490 e. The van der Waals surface area contributed by atoms with E-state index in [1.54, 1.807) is 0 Å². The quantitative estimate of drug-likeness (QED) is 0.869. The molecule has 1 N–H and O–H groups in total. The van der Waals surface area contributed by atoms with Gasteiger partial charge in [0.15, 0.2) is 0 Å². The van der Waals surface area contributed by atoms with Gasteiger partial charge >= 0.3 is 0 Å². The average Bonchev–Trinajstić information content (AvgIpc) is 2.37. The number of aryl methyl sites for hydroxylation is 2. The summed E-state index contributed by atoms with van der Waals surface area (Å²) in [5, 5.41) is 3.62. The molecule has 106 valence electrons. The standard InChI is InChI=1S/C17H27NO/c1-6-9-18-15-11-16(17(15,4)5)19-14-8-7-12(2)13(3)10-14/h7-8,10,15-16,18H,6,9,11H2,1-5H3. The Morgan fingerprint density at radius 1 is 1.26 bits per heavy atom. The van der Waals surface area contributed by atoms with Gasteiger partial charge in [-0.05, 0) is 50.1 Å². The fraction of sp³-hybridized carbons (Fsp3) is 0.647. The number of rotatable bonds is 5. The normalized spacial score (nSPS) is 24.9. The molecular formula is C17H27NO. The van der Waals surface area contributed by atoms with Crippen LogP contribution in [0.25, 0.3) is 0 Å². The number of ether oxygens (including phenoxy) is 1. The highest BCUT2D eigenvalue weighted by atomic mass is 16.5. The predicted molar refractivity (Wildman–Crippen MR) is 80.8 cm³/mol. The lowest BCUT2D eigenvalue weighted by Gasteiger charge is -2.51. The summed E-state index contributed by atoms with van der Waals surface area (Å²) in [5.74, 6) is 1.01. The van der Waals surface area contributed by atoms with E-state index < -0.39 is 0 Å². The molecule has 0 heterocycles. The highest BCUT2D eigenvalue weighted by molar-refractivity contribution is 5.34. The molecule has 0 aromatic heterocycles. The lowest BCUT2D eigenvalue weighted by atomic mass is 9.64. The molecular weight excluding hydrogens is 234 g/mol. The Labute approximate surface area is 117 Å². The van der Waals surface area contributed by atoms with Crippen LogP contribution in [-0.4, -0.2) is 18.7 Å². The van der Waals surface area contributed by atoms with Crippen molar-refractivity contribution >= 4 is 0 Å². The van der Waals surface area contributed by atoms with E-state index in [2.05, 4.69) is 58.1 Å². The monoisotopic (exact) mass is 261 g/mol. The van der Waals surface area contributed by atoms with Crippen molar-refractivity contribution in [3.63, 3.8) is 0 Å². The smallest absolute Gasteiger partial charge is 0.120 e. The highest BCUT2D eigenvalue weighted by Crippen LogP contribution is 2.43. The molecule has 2 heteroatoms. The Hall–Kier alpha value is -1.02. The van der Waals surface area contributed by atoms with Crippen LogP contribution in [0.1, 0.15) is 44.7 Å². The third kappa shape index (κ3) is 2.94. The molecule has 0 amide bonds. The van der Waals surface area contributed by atoms with E-state index >= 15 is 0 Å². The van der Waals surface area contributed by atoms with E-state index in [4.69, 9.17) is 4.74 Å². The first-order valence-corrected chi connectivity index (χ1v) is 7.42. The zero-order valence-electron chi connectivity index (χ0n) is 12.9. The third-order valence-corrected chi connectivity index (χ3v) is 4.58. The maximum Gasteiger partial charge on any atom is 0.120 e.